The summed E-state index contributed by atoms with van der Waals surface area (Å²) < 4.78 is 7.36. The van der Waals surface area contributed by atoms with Crippen LogP contribution < -0.4 is 5.32 Å². The van der Waals surface area contributed by atoms with E-state index < -0.39 is 0 Å². The molecule has 3 aromatic rings. The number of carbonyl (C=O) groups excluding carboxylic acids is 1. The zero-order chi connectivity index (χ0) is 16.6. The van der Waals surface area contributed by atoms with Gasteiger partial charge < -0.3 is 14.6 Å². The lowest BCUT2D eigenvalue weighted by molar-refractivity contribution is 0.0914. The van der Waals surface area contributed by atoms with Crippen LogP contribution in [0.2, 0.25) is 0 Å². The molecule has 5 nitrogen and oxygen atoms in total. The highest BCUT2D eigenvalue weighted by Crippen LogP contribution is 2.29. The largest absolute Gasteiger partial charge is 0.364 e. The standard InChI is InChI=1S/C18H21N3O2/c1-18(2,3)20-17(22)14-9-13-12-7-5-6-8-15(12)21(11-23-4)16(13)10-19-14/h5-10H,11H2,1-4H3,(H,20,22). The molecule has 0 radical (unpaired) electrons. The second kappa shape index (κ2) is 5.66. The van der Waals surface area contributed by atoms with Crippen LogP contribution in [0.15, 0.2) is 36.5 Å². The Kier molecular flexibility index (Phi) is 3.82. The van der Waals surface area contributed by atoms with Gasteiger partial charge in [-0.05, 0) is 32.9 Å². The molecule has 0 aliphatic carbocycles. The number of hydrogen-bond donors (Lipinski definition) is 1. The van der Waals surface area contributed by atoms with Crippen molar-refractivity contribution in [2.24, 2.45) is 0 Å². The number of aromatic nitrogens is 2. The fraction of sp³-hybridized carbons (Fsp3) is 0.333. The summed E-state index contributed by atoms with van der Waals surface area (Å²) >= 11 is 0. The molecule has 5 heteroatoms. The topological polar surface area (TPSA) is 56.1 Å². The number of rotatable bonds is 3. The zero-order valence-corrected chi connectivity index (χ0v) is 13.9. The van der Waals surface area contributed by atoms with Crippen LogP contribution >= 0.6 is 0 Å². The summed E-state index contributed by atoms with van der Waals surface area (Å²) in [6, 6.07) is 9.94. The van der Waals surface area contributed by atoms with Gasteiger partial charge in [-0.2, -0.15) is 0 Å². The van der Waals surface area contributed by atoms with E-state index in [1.54, 1.807) is 13.3 Å². The van der Waals surface area contributed by atoms with Crippen molar-refractivity contribution in [2.75, 3.05) is 7.11 Å². The highest BCUT2D eigenvalue weighted by molar-refractivity contribution is 6.09. The molecule has 0 bridgehead atoms. The SMILES string of the molecule is COCn1c2ccccc2c2cc(C(=O)NC(C)(C)C)ncc21. The van der Waals surface area contributed by atoms with Gasteiger partial charge in [0.15, 0.2) is 0 Å². The fourth-order valence-corrected chi connectivity index (χ4v) is 2.74. The first-order valence-electron chi connectivity index (χ1n) is 7.59. The molecule has 0 saturated carbocycles. The molecule has 2 aromatic heterocycles. The number of fused-ring (bicyclic) bond motifs is 3. The van der Waals surface area contributed by atoms with Gasteiger partial charge in [-0.25, -0.2) is 4.98 Å². The number of pyridine rings is 1. The average molecular weight is 311 g/mol. The molecule has 2 heterocycles. The summed E-state index contributed by atoms with van der Waals surface area (Å²) in [5.74, 6) is -0.164. The molecule has 0 aliphatic heterocycles. The third-order valence-electron chi connectivity index (χ3n) is 3.64. The monoisotopic (exact) mass is 311 g/mol. The molecule has 0 atom stereocenters. The highest BCUT2D eigenvalue weighted by atomic mass is 16.5. The molecule has 23 heavy (non-hydrogen) atoms. The van der Waals surface area contributed by atoms with Gasteiger partial charge >= 0.3 is 0 Å². The predicted octanol–water partition coefficient (Wildman–Crippen LogP) is 3.32. The van der Waals surface area contributed by atoms with Crippen molar-refractivity contribution in [3.05, 3.63) is 42.2 Å². The third-order valence-corrected chi connectivity index (χ3v) is 3.64. The number of methoxy groups -OCH3 is 1. The van der Waals surface area contributed by atoms with E-state index in [1.165, 1.54) is 0 Å². The first-order chi connectivity index (χ1) is 10.9. The molecule has 3 rings (SSSR count). The number of benzene rings is 1. The second-order valence-corrected chi connectivity index (χ2v) is 6.65. The van der Waals surface area contributed by atoms with E-state index in [-0.39, 0.29) is 11.4 Å². The molecule has 0 spiro atoms. The summed E-state index contributed by atoms with van der Waals surface area (Å²) in [5.41, 5.74) is 2.16. The Labute approximate surface area is 135 Å². The van der Waals surface area contributed by atoms with Gasteiger partial charge in [0.25, 0.3) is 5.91 Å². The Balaban J connectivity index is 2.16. The number of nitrogens with zero attached hydrogens (tertiary/aromatic N) is 2. The number of carbonyl (C=O) groups is 1. The molecular formula is C18H21N3O2. The van der Waals surface area contributed by atoms with Crippen molar-refractivity contribution in [3.63, 3.8) is 0 Å². The van der Waals surface area contributed by atoms with Gasteiger partial charge in [-0.15, -0.1) is 0 Å². The first kappa shape index (κ1) is 15.5. The van der Waals surface area contributed by atoms with Crippen LogP contribution in [0.5, 0.6) is 0 Å². The van der Waals surface area contributed by atoms with Crippen LogP contribution in [0.25, 0.3) is 21.8 Å². The van der Waals surface area contributed by atoms with E-state index in [2.05, 4.69) is 20.9 Å². The zero-order valence-electron chi connectivity index (χ0n) is 13.9. The molecule has 0 unspecified atom stereocenters. The summed E-state index contributed by atoms with van der Waals surface area (Å²) in [6.07, 6.45) is 1.74. The normalized spacial score (nSPS) is 12.0. The lowest BCUT2D eigenvalue weighted by Gasteiger charge is -2.20. The fourth-order valence-electron chi connectivity index (χ4n) is 2.74. The predicted molar refractivity (Wildman–Crippen MR) is 91.5 cm³/mol. The molecule has 0 fully saturated rings. The van der Waals surface area contributed by atoms with Crippen LogP contribution in [0.3, 0.4) is 0 Å². The van der Waals surface area contributed by atoms with E-state index in [0.29, 0.717) is 12.4 Å². The Hall–Kier alpha value is -2.40. The van der Waals surface area contributed by atoms with E-state index in [9.17, 15) is 4.79 Å². The number of nitrogens with one attached hydrogen (secondary N) is 1. The summed E-state index contributed by atoms with van der Waals surface area (Å²) in [5, 5.41) is 5.04. The Morgan fingerprint density at radius 1 is 1.22 bits per heavy atom. The van der Waals surface area contributed by atoms with E-state index in [4.69, 9.17) is 4.74 Å². The van der Waals surface area contributed by atoms with Crippen LogP contribution in [0.4, 0.5) is 0 Å². The summed E-state index contributed by atoms with van der Waals surface area (Å²) in [6.45, 7) is 6.30. The molecule has 120 valence electrons. The lowest BCUT2D eigenvalue weighted by atomic mass is 10.1. The molecule has 1 aromatic carbocycles. The Morgan fingerprint density at radius 2 is 1.96 bits per heavy atom. The second-order valence-electron chi connectivity index (χ2n) is 6.65. The lowest BCUT2D eigenvalue weighted by Crippen LogP contribution is -2.40. The van der Waals surface area contributed by atoms with Crippen LogP contribution in [0, 0.1) is 0 Å². The minimum atomic E-state index is -0.294. The number of para-hydroxylation sites is 1. The summed E-state index contributed by atoms with van der Waals surface area (Å²) in [7, 11) is 1.67. The minimum Gasteiger partial charge on any atom is -0.364 e. The molecule has 1 N–H and O–H groups in total. The maximum absolute atomic E-state index is 12.4. The van der Waals surface area contributed by atoms with Crippen molar-refractivity contribution in [1.82, 2.24) is 14.9 Å². The molecular weight excluding hydrogens is 290 g/mol. The summed E-state index contributed by atoms with van der Waals surface area (Å²) in [4.78, 5) is 16.7. The van der Waals surface area contributed by atoms with E-state index in [0.717, 1.165) is 21.8 Å². The van der Waals surface area contributed by atoms with Crippen molar-refractivity contribution in [1.29, 1.82) is 0 Å². The average Bonchev–Trinajstić information content (AvgIpc) is 2.80. The van der Waals surface area contributed by atoms with E-state index in [1.807, 2.05) is 45.0 Å². The van der Waals surface area contributed by atoms with Crippen LogP contribution in [-0.4, -0.2) is 28.1 Å². The third kappa shape index (κ3) is 2.92. The Morgan fingerprint density at radius 3 is 2.65 bits per heavy atom. The van der Waals surface area contributed by atoms with Crippen LogP contribution in [0.1, 0.15) is 31.3 Å². The molecule has 0 saturated heterocycles. The van der Waals surface area contributed by atoms with Gasteiger partial charge in [-0.3, -0.25) is 4.79 Å². The molecule has 1 amide bonds. The maximum atomic E-state index is 12.4. The Bertz CT molecular complexity index is 875. The van der Waals surface area contributed by atoms with Crippen molar-refractivity contribution < 1.29 is 9.53 Å². The van der Waals surface area contributed by atoms with Crippen molar-refractivity contribution in [2.45, 2.75) is 33.0 Å². The van der Waals surface area contributed by atoms with Gasteiger partial charge in [0.1, 0.15) is 12.4 Å². The maximum Gasteiger partial charge on any atom is 0.270 e. The smallest absolute Gasteiger partial charge is 0.270 e. The number of amides is 1. The highest BCUT2D eigenvalue weighted by Gasteiger charge is 2.18. The van der Waals surface area contributed by atoms with Crippen LogP contribution in [-0.2, 0) is 11.5 Å². The number of ether oxygens (including phenoxy) is 1. The number of hydrogen-bond acceptors (Lipinski definition) is 3. The van der Waals surface area contributed by atoms with Gasteiger partial charge in [0, 0.05) is 23.4 Å². The van der Waals surface area contributed by atoms with Gasteiger partial charge in [-0.1, -0.05) is 18.2 Å². The minimum absolute atomic E-state index is 0.164. The van der Waals surface area contributed by atoms with Gasteiger partial charge in [0.05, 0.1) is 17.2 Å². The van der Waals surface area contributed by atoms with Gasteiger partial charge in [0.2, 0.25) is 0 Å². The van der Waals surface area contributed by atoms with Crippen molar-refractivity contribution in [3.8, 4) is 0 Å². The molecule has 0 aliphatic rings. The van der Waals surface area contributed by atoms with Crippen molar-refractivity contribution >= 4 is 27.7 Å². The van der Waals surface area contributed by atoms with E-state index >= 15 is 0 Å². The first-order valence-corrected chi connectivity index (χ1v) is 7.59. The quantitative estimate of drug-likeness (QED) is 0.807.